The van der Waals surface area contributed by atoms with E-state index in [1.807, 2.05) is 54.3 Å². The summed E-state index contributed by atoms with van der Waals surface area (Å²) in [5, 5.41) is 7.16. The first-order valence-electron chi connectivity index (χ1n) is 8.67. The number of hydrogen-bond donors (Lipinski definition) is 1. The Morgan fingerprint density at radius 2 is 1.96 bits per heavy atom. The first kappa shape index (κ1) is 16.7. The molecule has 0 spiro atoms. The van der Waals surface area contributed by atoms with Crippen LogP contribution in [0.5, 0.6) is 0 Å². The van der Waals surface area contributed by atoms with Crippen LogP contribution in [0.2, 0.25) is 0 Å². The molecular formula is C20H20N4OS. The number of benzene rings is 2. The average Bonchev–Trinajstić information content (AvgIpc) is 3.15. The van der Waals surface area contributed by atoms with Crippen molar-refractivity contribution in [2.24, 2.45) is 0 Å². The molecule has 26 heavy (non-hydrogen) atoms. The standard InChI is InChI=1S/C20H20N4OS/c1-13-7-9-15(10-8-13)19-21-22-20(26)23(19)12-18(25)24-14(2)11-16-5-3-4-6-17(16)24/h3-10,14H,11-12H2,1-2H3,(H,22,26). The lowest BCUT2D eigenvalue weighted by Crippen LogP contribution is -2.38. The lowest BCUT2D eigenvalue weighted by Gasteiger charge is -2.23. The zero-order valence-electron chi connectivity index (χ0n) is 14.8. The minimum Gasteiger partial charge on any atom is -0.307 e. The number of nitrogens with zero attached hydrogens (tertiary/aromatic N) is 3. The van der Waals surface area contributed by atoms with Gasteiger partial charge in [0.2, 0.25) is 5.91 Å². The van der Waals surface area contributed by atoms with Crippen LogP contribution in [0.3, 0.4) is 0 Å². The Kier molecular flexibility index (Phi) is 4.20. The molecule has 1 amide bonds. The van der Waals surface area contributed by atoms with Crippen molar-refractivity contribution in [3.63, 3.8) is 0 Å². The minimum absolute atomic E-state index is 0.0216. The summed E-state index contributed by atoms with van der Waals surface area (Å²) in [5.41, 5.74) is 4.32. The SMILES string of the molecule is Cc1ccc(-c2n[nH]c(=S)n2CC(=O)N2c3ccccc3CC2C)cc1. The van der Waals surface area contributed by atoms with E-state index >= 15 is 0 Å². The highest BCUT2D eigenvalue weighted by Gasteiger charge is 2.31. The van der Waals surface area contributed by atoms with Crippen LogP contribution < -0.4 is 4.90 Å². The Balaban J connectivity index is 1.66. The van der Waals surface area contributed by atoms with Gasteiger partial charge in [0.05, 0.1) is 0 Å². The third-order valence-electron chi connectivity index (χ3n) is 4.84. The number of carbonyl (C=O) groups is 1. The van der Waals surface area contributed by atoms with Crippen molar-refractivity contribution in [3.8, 4) is 11.4 Å². The predicted molar refractivity (Wildman–Crippen MR) is 105 cm³/mol. The quantitative estimate of drug-likeness (QED) is 0.717. The fourth-order valence-electron chi connectivity index (χ4n) is 3.54. The molecule has 0 saturated heterocycles. The van der Waals surface area contributed by atoms with Crippen molar-refractivity contribution in [2.45, 2.75) is 32.9 Å². The van der Waals surface area contributed by atoms with Crippen LogP contribution in [-0.2, 0) is 17.8 Å². The van der Waals surface area contributed by atoms with Crippen LogP contribution in [0.1, 0.15) is 18.1 Å². The molecule has 1 aliphatic heterocycles. The molecule has 1 aliphatic rings. The number of aromatic nitrogens is 3. The molecule has 0 radical (unpaired) electrons. The number of fused-ring (bicyclic) bond motifs is 1. The van der Waals surface area contributed by atoms with Crippen molar-refractivity contribution in [2.75, 3.05) is 4.90 Å². The van der Waals surface area contributed by atoms with Gasteiger partial charge in [-0.1, -0.05) is 48.0 Å². The van der Waals surface area contributed by atoms with Gasteiger partial charge in [-0.3, -0.25) is 14.5 Å². The summed E-state index contributed by atoms with van der Waals surface area (Å²) in [4.78, 5) is 15.0. The molecule has 3 aromatic rings. The van der Waals surface area contributed by atoms with E-state index in [9.17, 15) is 4.79 Å². The fourth-order valence-corrected chi connectivity index (χ4v) is 3.74. The van der Waals surface area contributed by atoms with E-state index in [-0.39, 0.29) is 18.5 Å². The third kappa shape index (κ3) is 2.86. The van der Waals surface area contributed by atoms with Crippen LogP contribution in [0, 0.1) is 11.7 Å². The van der Waals surface area contributed by atoms with Crippen molar-refractivity contribution >= 4 is 23.8 Å². The maximum atomic E-state index is 13.1. The summed E-state index contributed by atoms with van der Waals surface area (Å²) in [6.45, 7) is 4.28. The predicted octanol–water partition coefficient (Wildman–Crippen LogP) is 3.89. The summed E-state index contributed by atoms with van der Waals surface area (Å²) < 4.78 is 2.23. The second kappa shape index (κ2) is 6.53. The Hall–Kier alpha value is -2.73. The number of H-pyrrole nitrogens is 1. The van der Waals surface area contributed by atoms with E-state index in [1.165, 1.54) is 11.1 Å². The third-order valence-corrected chi connectivity index (χ3v) is 5.15. The molecule has 0 bridgehead atoms. The number of rotatable bonds is 3. The van der Waals surface area contributed by atoms with Gasteiger partial charge >= 0.3 is 0 Å². The monoisotopic (exact) mass is 364 g/mol. The number of hydrogen-bond acceptors (Lipinski definition) is 3. The molecule has 132 valence electrons. The Morgan fingerprint density at radius 3 is 2.73 bits per heavy atom. The first-order valence-corrected chi connectivity index (χ1v) is 9.07. The number of aryl methyl sites for hydroxylation is 1. The van der Waals surface area contributed by atoms with E-state index in [0.29, 0.717) is 10.6 Å². The number of anilines is 1. The van der Waals surface area contributed by atoms with Gasteiger partial charge in [0.1, 0.15) is 6.54 Å². The molecule has 1 N–H and O–H groups in total. The number of amides is 1. The maximum absolute atomic E-state index is 13.1. The maximum Gasteiger partial charge on any atom is 0.247 e. The zero-order valence-corrected chi connectivity index (χ0v) is 15.6. The molecule has 4 rings (SSSR count). The topological polar surface area (TPSA) is 53.9 Å². The molecule has 0 aliphatic carbocycles. The Labute approximate surface area is 157 Å². The first-order chi connectivity index (χ1) is 12.5. The highest BCUT2D eigenvalue weighted by Crippen LogP contribution is 2.32. The van der Waals surface area contributed by atoms with Crippen LogP contribution >= 0.6 is 12.2 Å². The lowest BCUT2D eigenvalue weighted by atomic mass is 10.1. The highest BCUT2D eigenvalue weighted by molar-refractivity contribution is 7.71. The summed E-state index contributed by atoms with van der Waals surface area (Å²) in [6, 6.07) is 16.3. The second-order valence-electron chi connectivity index (χ2n) is 6.75. The number of aromatic amines is 1. The molecule has 0 fully saturated rings. The zero-order chi connectivity index (χ0) is 18.3. The molecule has 0 saturated carbocycles. The molecule has 1 aromatic heterocycles. The summed E-state index contributed by atoms with van der Waals surface area (Å²) in [6.07, 6.45) is 0.878. The summed E-state index contributed by atoms with van der Waals surface area (Å²) in [5.74, 6) is 0.705. The van der Waals surface area contributed by atoms with E-state index in [4.69, 9.17) is 12.2 Å². The average molecular weight is 364 g/mol. The van der Waals surface area contributed by atoms with Gasteiger partial charge in [-0.25, -0.2) is 0 Å². The van der Waals surface area contributed by atoms with Gasteiger partial charge < -0.3 is 4.90 Å². The van der Waals surface area contributed by atoms with Crippen molar-refractivity contribution in [1.82, 2.24) is 14.8 Å². The molecule has 6 heteroatoms. The molecule has 1 atom stereocenters. The normalized spacial score (nSPS) is 15.9. The summed E-state index contributed by atoms with van der Waals surface area (Å²) >= 11 is 5.37. The van der Waals surface area contributed by atoms with Crippen LogP contribution in [-0.4, -0.2) is 26.7 Å². The van der Waals surface area contributed by atoms with Crippen LogP contribution in [0.4, 0.5) is 5.69 Å². The van der Waals surface area contributed by atoms with Crippen molar-refractivity contribution in [3.05, 3.63) is 64.4 Å². The van der Waals surface area contributed by atoms with Crippen LogP contribution in [0.15, 0.2) is 48.5 Å². The number of para-hydroxylation sites is 1. The van der Waals surface area contributed by atoms with Gasteiger partial charge in [-0.2, -0.15) is 5.10 Å². The van der Waals surface area contributed by atoms with Crippen molar-refractivity contribution in [1.29, 1.82) is 0 Å². The smallest absolute Gasteiger partial charge is 0.247 e. The highest BCUT2D eigenvalue weighted by atomic mass is 32.1. The number of carbonyl (C=O) groups excluding carboxylic acids is 1. The van der Waals surface area contributed by atoms with Gasteiger partial charge in [0.15, 0.2) is 10.6 Å². The molecule has 2 aromatic carbocycles. The van der Waals surface area contributed by atoms with Crippen molar-refractivity contribution < 1.29 is 4.79 Å². The van der Waals surface area contributed by atoms with Gasteiger partial charge in [0.25, 0.3) is 0 Å². The van der Waals surface area contributed by atoms with Crippen LogP contribution in [0.25, 0.3) is 11.4 Å². The van der Waals surface area contributed by atoms with E-state index in [1.54, 1.807) is 4.57 Å². The molecule has 5 nitrogen and oxygen atoms in total. The molecular weight excluding hydrogens is 344 g/mol. The van der Waals surface area contributed by atoms with E-state index < -0.39 is 0 Å². The second-order valence-corrected chi connectivity index (χ2v) is 7.14. The fraction of sp³-hybridized carbons (Fsp3) is 0.250. The number of nitrogens with one attached hydrogen (secondary N) is 1. The van der Waals surface area contributed by atoms with Gasteiger partial charge in [-0.15, -0.1) is 0 Å². The molecule has 1 unspecified atom stereocenters. The lowest BCUT2D eigenvalue weighted by molar-refractivity contribution is -0.119. The Bertz CT molecular complexity index is 1020. The van der Waals surface area contributed by atoms with Gasteiger partial charge in [-0.05, 0) is 44.1 Å². The van der Waals surface area contributed by atoms with E-state index in [0.717, 1.165) is 17.7 Å². The molecule has 2 heterocycles. The Morgan fingerprint density at radius 1 is 1.23 bits per heavy atom. The largest absolute Gasteiger partial charge is 0.307 e. The minimum atomic E-state index is 0.0216. The summed E-state index contributed by atoms with van der Waals surface area (Å²) in [7, 11) is 0. The van der Waals surface area contributed by atoms with Gasteiger partial charge in [0, 0.05) is 17.3 Å². The van der Waals surface area contributed by atoms with E-state index in [2.05, 4.69) is 23.2 Å².